The minimum absolute atomic E-state index is 0.0935. The molecule has 2 rings (SSSR count). The zero-order valence-corrected chi connectivity index (χ0v) is 11.1. The number of imidazole rings is 1. The van der Waals surface area contributed by atoms with Crippen molar-refractivity contribution < 1.29 is 4.92 Å². The number of hydrogen-bond donors (Lipinski definition) is 1. The van der Waals surface area contributed by atoms with E-state index in [1.165, 1.54) is 6.07 Å². The van der Waals surface area contributed by atoms with Gasteiger partial charge in [-0.3, -0.25) is 10.1 Å². The quantitative estimate of drug-likeness (QED) is 0.675. The molecule has 0 bridgehead atoms. The summed E-state index contributed by atoms with van der Waals surface area (Å²) in [6.07, 6.45) is 4.25. The number of halogens is 1. The molecule has 0 saturated carbocycles. The highest BCUT2D eigenvalue weighted by molar-refractivity contribution is 6.33. The summed E-state index contributed by atoms with van der Waals surface area (Å²) in [5.74, 6) is 0.914. The molecule has 7 heteroatoms. The number of benzene rings is 1. The van der Waals surface area contributed by atoms with Crippen LogP contribution in [0.3, 0.4) is 0 Å². The standard InChI is InChI=1S/C12H13ClN4O2/c1-16-8-7-15-11(16)5-6-14-10-4-2-3-9(13)12(10)17(18)19/h2-4,7-8,14H,5-6H2,1H3. The predicted octanol–water partition coefficient (Wildman–Crippen LogP) is 2.64. The fraction of sp³-hybridized carbons (Fsp3) is 0.250. The summed E-state index contributed by atoms with van der Waals surface area (Å²) < 4.78 is 1.91. The molecule has 0 saturated heterocycles. The first kappa shape index (κ1) is 13.4. The molecule has 100 valence electrons. The van der Waals surface area contributed by atoms with Gasteiger partial charge in [0.1, 0.15) is 16.5 Å². The molecule has 1 N–H and O–H groups in total. The number of aryl methyl sites for hydroxylation is 1. The van der Waals surface area contributed by atoms with Crippen molar-refractivity contribution in [2.45, 2.75) is 6.42 Å². The molecule has 1 aromatic carbocycles. The number of aromatic nitrogens is 2. The van der Waals surface area contributed by atoms with Gasteiger partial charge in [-0.25, -0.2) is 4.98 Å². The van der Waals surface area contributed by atoms with E-state index in [2.05, 4.69) is 10.3 Å². The van der Waals surface area contributed by atoms with E-state index in [4.69, 9.17) is 11.6 Å². The second-order valence-electron chi connectivity index (χ2n) is 4.02. The van der Waals surface area contributed by atoms with Crippen LogP contribution in [0.25, 0.3) is 0 Å². The van der Waals surface area contributed by atoms with Gasteiger partial charge < -0.3 is 9.88 Å². The van der Waals surface area contributed by atoms with E-state index in [1.807, 2.05) is 17.8 Å². The highest BCUT2D eigenvalue weighted by Gasteiger charge is 2.17. The van der Waals surface area contributed by atoms with Crippen molar-refractivity contribution in [3.8, 4) is 0 Å². The van der Waals surface area contributed by atoms with Gasteiger partial charge >= 0.3 is 5.69 Å². The molecule has 19 heavy (non-hydrogen) atoms. The van der Waals surface area contributed by atoms with Gasteiger partial charge in [-0.2, -0.15) is 0 Å². The Balaban J connectivity index is 2.06. The second kappa shape index (κ2) is 5.71. The van der Waals surface area contributed by atoms with Crippen LogP contribution in [0.1, 0.15) is 5.82 Å². The summed E-state index contributed by atoms with van der Waals surface area (Å²) in [7, 11) is 1.91. The van der Waals surface area contributed by atoms with Crippen molar-refractivity contribution in [3.05, 3.63) is 51.6 Å². The number of nitrogens with one attached hydrogen (secondary N) is 1. The largest absolute Gasteiger partial charge is 0.379 e. The van der Waals surface area contributed by atoms with E-state index in [-0.39, 0.29) is 10.7 Å². The van der Waals surface area contributed by atoms with Crippen LogP contribution in [-0.2, 0) is 13.5 Å². The third kappa shape index (κ3) is 3.03. The van der Waals surface area contributed by atoms with E-state index < -0.39 is 4.92 Å². The first-order valence-corrected chi connectivity index (χ1v) is 6.10. The summed E-state index contributed by atoms with van der Waals surface area (Å²) in [6, 6.07) is 4.82. The minimum Gasteiger partial charge on any atom is -0.379 e. The van der Waals surface area contributed by atoms with Crippen LogP contribution >= 0.6 is 11.6 Å². The monoisotopic (exact) mass is 280 g/mol. The van der Waals surface area contributed by atoms with Gasteiger partial charge in [-0.05, 0) is 12.1 Å². The summed E-state index contributed by atoms with van der Waals surface area (Å²) in [6.45, 7) is 0.548. The predicted molar refractivity (Wildman–Crippen MR) is 73.5 cm³/mol. The third-order valence-corrected chi connectivity index (χ3v) is 3.06. The van der Waals surface area contributed by atoms with Crippen LogP contribution in [0.5, 0.6) is 0 Å². The molecular formula is C12H13ClN4O2. The van der Waals surface area contributed by atoms with Crippen LogP contribution in [0.2, 0.25) is 5.02 Å². The SMILES string of the molecule is Cn1ccnc1CCNc1cccc(Cl)c1[N+](=O)[O-]. The number of nitrogens with zero attached hydrogens (tertiary/aromatic N) is 3. The molecule has 1 aromatic heterocycles. The molecule has 0 unspecified atom stereocenters. The third-order valence-electron chi connectivity index (χ3n) is 2.75. The Kier molecular flexibility index (Phi) is 4.01. The second-order valence-corrected chi connectivity index (χ2v) is 4.43. The fourth-order valence-corrected chi connectivity index (χ4v) is 2.03. The Morgan fingerprint density at radius 3 is 2.95 bits per heavy atom. The van der Waals surface area contributed by atoms with Gasteiger partial charge in [-0.15, -0.1) is 0 Å². The van der Waals surface area contributed by atoms with Crippen LogP contribution < -0.4 is 5.32 Å². The van der Waals surface area contributed by atoms with Gasteiger partial charge in [0.05, 0.1) is 4.92 Å². The van der Waals surface area contributed by atoms with Crippen molar-refractivity contribution >= 4 is 23.0 Å². The molecule has 0 amide bonds. The number of hydrogen-bond acceptors (Lipinski definition) is 4. The Morgan fingerprint density at radius 1 is 1.53 bits per heavy atom. The fourth-order valence-electron chi connectivity index (χ4n) is 1.79. The van der Waals surface area contributed by atoms with Crippen LogP contribution in [-0.4, -0.2) is 21.0 Å². The molecule has 0 aliphatic carbocycles. The first-order valence-electron chi connectivity index (χ1n) is 5.72. The van der Waals surface area contributed by atoms with Gasteiger partial charge in [-0.1, -0.05) is 17.7 Å². The molecule has 1 heterocycles. The first-order chi connectivity index (χ1) is 9.09. The Bertz CT molecular complexity index is 597. The van der Waals surface area contributed by atoms with Gasteiger partial charge in [0.2, 0.25) is 0 Å². The minimum atomic E-state index is -0.481. The zero-order chi connectivity index (χ0) is 13.8. The van der Waals surface area contributed by atoms with Crippen molar-refractivity contribution in [1.82, 2.24) is 9.55 Å². The van der Waals surface area contributed by atoms with E-state index >= 15 is 0 Å². The van der Waals surface area contributed by atoms with Crippen LogP contribution in [0.15, 0.2) is 30.6 Å². The Labute approximate surface area is 115 Å². The van der Waals surface area contributed by atoms with Gasteiger partial charge in [0, 0.05) is 32.4 Å². The summed E-state index contributed by atoms with van der Waals surface area (Å²) in [5.41, 5.74) is 0.329. The molecule has 0 atom stereocenters. The van der Waals surface area contributed by atoms with Crippen molar-refractivity contribution in [2.24, 2.45) is 7.05 Å². The maximum absolute atomic E-state index is 11.0. The lowest BCUT2D eigenvalue weighted by atomic mass is 10.2. The number of rotatable bonds is 5. The number of para-hydroxylation sites is 1. The lowest BCUT2D eigenvalue weighted by molar-refractivity contribution is -0.383. The highest BCUT2D eigenvalue weighted by Crippen LogP contribution is 2.32. The molecule has 2 aromatic rings. The maximum Gasteiger partial charge on any atom is 0.310 e. The van der Waals surface area contributed by atoms with E-state index in [1.54, 1.807) is 18.3 Å². The maximum atomic E-state index is 11.0. The average molecular weight is 281 g/mol. The van der Waals surface area contributed by atoms with Crippen molar-refractivity contribution in [2.75, 3.05) is 11.9 Å². The number of nitro groups is 1. The van der Waals surface area contributed by atoms with E-state index in [9.17, 15) is 10.1 Å². The summed E-state index contributed by atoms with van der Waals surface area (Å²) in [4.78, 5) is 14.7. The topological polar surface area (TPSA) is 73.0 Å². The van der Waals surface area contributed by atoms with Gasteiger partial charge in [0.15, 0.2) is 0 Å². The molecule has 0 aliphatic heterocycles. The molecule has 0 fully saturated rings. The lowest BCUT2D eigenvalue weighted by Crippen LogP contribution is -2.09. The molecular weight excluding hydrogens is 268 g/mol. The van der Waals surface area contributed by atoms with Crippen molar-refractivity contribution in [3.63, 3.8) is 0 Å². The normalized spacial score (nSPS) is 10.4. The van der Waals surface area contributed by atoms with Crippen LogP contribution in [0, 0.1) is 10.1 Å². The zero-order valence-electron chi connectivity index (χ0n) is 10.3. The smallest absolute Gasteiger partial charge is 0.310 e. The van der Waals surface area contributed by atoms with E-state index in [0.717, 1.165) is 5.82 Å². The molecule has 0 radical (unpaired) electrons. The highest BCUT2D eigenvalue weighted by atomic mass is 35.5. The van der Waals surface area contributed by atoms with Gasteiger partial charge in [0.25, 0.3) is 0 Å². The lowest BCUT2D eigenvalue weighted by Gasteiger charge is -2.07. The van der Waals surface area contributed by atoms with Crippen molar-refractivity contribution in [1.29, 1.82) is 0 Å². The number of anilines is 1. The average Bonchev–Trinajstić information content (AvgIpc) is 2.75. The Morgan fingerprint density at radius 2 is 2.32 bits per heavy atom. The number of nitro benzene ring substituents is 1. The van der Waals surface area contributed by atoms with E-state index in [0.29, 0.717) is 18.7 Å². The summed E-state index contributed by atoms with van der Waals surface area (Å²) >= 11 is 5.83. The molecule has 0 aliphatic rings. The Hall–Kier alpha value is -2.08. The molecule has 6 nitrogen and oxygen atoms in total. The van der Waals surface area contributed by atoms with Crippen LogP contribution in [0.4, 0.5) is 11.4 Å². The molecule has 0 spiro atoms. The summed E-state index contributed by atoms with van der Waals surface area (Å²) in [5, 5.41) is 14.1.